The Morgan fingerprint density at radius 2 is 1.95 bits per heavy atom. The molecular formula is C16H17ClN2O. The van der Waals surface area contributed by atoms with Crippen LogP contribution in [0.5, 0.6) is 0 Å². The van der Waals surface area contributed by atoms with Crippen molar-refractivity contribution >= 4 is 23.2 Å². The van der Waals surface area contributed by atoms with E-state index in [0.29, 0.717) is 5.02 Å². The van der Waals surface area contributed by atoms with E-state index >= 15 is 0 Å². The predicted octanol–water partition coefficient (Wildman–Crippen LogP) is 3.24. The van der Waals surface area contributed by atoms with Gasteiger partial charge in [0.1, 0.15) is 0 Å². The highest BCUT2D eigenvalue weighted by Gasteiger charge is 2.07. The van der Waals surface area contributed by atoms with Gasteiger partial charge in [0.15, 0.2) is 0 Å². The van der Waals surface area contributed by atoms with Gasteiger partial charge in [0.2, 0.25) is 5.91 Å². The number of benzene rings is 2. The van der Waals surface area contributed by atoms with E-state index in [2.05, 4.69) is 10.6 Å². The Balaban J connectivity index is 2.01. The van der Waals surface area contributed by atoms with Gasteiger partial charge < -0.3 is 10.6 Å². The van der Waals surface area contributed by atoms with Gasteiger partial charge in [-0.15, -0.1) is 0 Å². The van der Waals surface area contributed by atoms with Crippen LogP contribution in [0.4, 0.5) is 5.69 Å². The highest BCUT2D eigenvalue weighted by molar-refractivity contribution is 6.31. The molecule has 0 fully saturated rings. The Morgan fingerprint density at radius 3 is 2.70 bits per heavy atom. The first-order valence-corrected chi connectivity index (χ1v) is 6.83. The van der Waals surface area contributed by atoms with E-state index in [9.17, 15) is 4.79 Å². The van der Waals surface area contributed by atoms with E-state index in [4.69, 9.17) is 11.6 Å². The smallest absolute Gasteiger partial charge is 0.228 e. The van der Waals surface area contributed by atoms with Crippen LogP contribution in [0, 0.1) is 0 Å². The minimum absolute atomic E-state index is 0.0697. The van der Waals surface area contributed by atoms with Crippen molar-refractivity contribution in [2.75, 3.05) is 12.4 Å². The monoisotopic (exact) mass is 288 g/mol. The van der Waals surface area contributed by atoms with Crippen molar-refractivity contribution in [2.24, 2.45) is 0 Å². The molecule has 2 N–H and O–H groups in total. The van der Waals surface area contributed by atoms with Gasteiger partial charge in [-0.05, 0) is 36.4 Å². The van der Waals surface area contributed by atoms with Crippen molar-refractivity contribution in [3.05, 3.63) is 64.7 Å². The van der Waals surface area contributed by atoms with E-state index in [1.165, 1.54) is 0 Å². The summed E-state index contributed by atoms with van der Waals surface area (Å²) >= 11 is 6.05. The number of hydrogen-bond acceptors (Lipinski definition) is 2. The molecule has 20 heavy (non-hydrogen) atoms. The van der Waals surface area contributed by atoms with Gasteiger partial charge in [0.25, 0.3) is 0 Å². The summed E-state index contributed by atoms with van der Waals surface area (Å²) in [6, 6.07) is 15.2. The van der Waals surface area contributed by atoms with Crippen LogP contribution < -0.4 is 10.6 Å². The van der Waals surface area contributed by atoms with Gasteiger partial charge >= 0.3 is 0 Å². The van der Waals surface area contributed by atoms with Gasteiger partial charge in [-0.2, -0.15) is 0 Å². The number of carbonyl (C=O) groups is 1. The highest BCUT2D eigenvalue weighted by atomic mass is 35.5. The summed E-state index contributed by atoms with van der Waals surface area (Å²) in [4.78, 5) is 12.0. The van der Waals surface area contributed by atoms with E-state index in [1.807, 2.05) is 49.5 Å². The molecule has 0 aliphatic rings. The third kappa shape index (κ3) is 4.08. The second-order valence-electron chi connectivity index (χ2n) is 4.55. The fraction of sp³-hybridized carbons (Fsp3) is 0.188. The molecule has 3 nitrogen and oxygen atoms in total. The van der Waals surface area contributed by atoms with Crippen LogP contribution in [0.2, 0.25) is 5.02 Å². The molecule has 0 saturated carbocycles. The van der Waals surface area contributed by atoms with Crippen molar-refractivity contribution in [1.82, 2.24) is 5.32 Å². The molecule has 0 aliphatic carbocycles. The molecule has 0 heterocycles. The summed E-state index contributed by atoms with van der Waals surface area (Å²) < 4.78 is 0. The van der Waals surface area contributed by atoms with Crippen LogP contribution >= 0.6 is 11.6 Å². The lowest BCUT2D eigenvalue weighted by atomic mass is 10.1. The lowest BCUT2D eigenvalue weighted by Crippen LogP contribution is -2.15. The van der Waals surface area contributed by atoms with Crippen LogP contribution in [0.1, 0.15) is 11.1 Å². The Hall–Kier alpha value is -1.84. The number of hydrogen-bond donors (Lipinski definition) is 2. The van der Waals surface area contributed by atoms with Gasteiger partial charge in [-0.1, -0.05) is 41.9 Å². The van der Waals surface area contributed by atoms with E-state index in [-0.39, 0.29) is 12.3 Å². The summed E-state index contributed by atoms with van der Waals surface area (Å²) in [5.74, 6) is -0.0697. The molecule has 0 spiro atoms. The Labute approximate surface area is 124 Å². The maximum absolute atomic E-state index is 12.0. The molecular weight excluding hydrogens is 272 g/mol. The molecule has 2 rings (SSSR count). The molecule has 0 aromatic heterocycles. The summed E-state index contributed by atoms with van der Waals surface area (Å²) in [7, 11) is 1.89. The van der Waals surface area contributed by atoms with Crippen LogP contribution in [0.3, 0.4) is 0 Å². The molecule has 4 heteroatoms. The fourth-order valence-electron chi connectivity index (χ4n) is 1.98. The molecule has 104 valence electrons. The van der Waals surface area contributed by atoms with Gasteiger partial charge in [0, 0.05) is 17.3 Å². The van der Waals surface area contributed by atoms with Crippen LogP contribution in [-0.2, 0) is 17.8 Å². The zero-order chi connectivity index (χ0) is 14.4. The van der Waals surface area contributed by atoms with Crippen molar-refractivity contribution in [3.63, 3.8) is 0 Å². The average molecular weight is 289 g/mol. The maximum atomic E-state index is 12.0. The van der Waals surface area contributed by atoms with Crippen LogP contribution in [0.25, 0.3) is 0 Å². The first-order chi connectivity index (χ1) is 9.69. The fourth-order valence-corrected chi connectivity index (χ4v) is 2.19. The van der Waals surface area contributed by atoms with Crippen LogP contribution in [-0.4, -0.2) is 13.0 Å². The Morgan fingerprint density at radius 1 is 1.15 bits per heavy atom. The minimum Gasteiger partial charge on any atom is -0.326 e. The number of carbonyl (C=O) groups excluding carboxylic acids is 1. The lowest BCUT2D eigenvalue weighted by Gasteiger charge is -2.08. The molecule has 1 amide bonds. The largest absolute Gasteiger partial charge is 0.326 e. The Kier molecular flexibility index (Phi) is 5.16. The molecule has 0 bridgehead atoms. The third-order valence-electron chi connectivity index (χ3n) is 2.90. The molecule has 0 radical (unpaired) electrons. The SMILES string of the molecule is CNCc1cccc(NC(=O)Cc2ccccc2Cl)c1. The van der Waals surface area contributed by atoms with Crippen molar-refractivity contribution in [2.45, 2.75) is 13.0 Å². The van der Waals surface area contributed by atoms with E-state index in [0.717, 1.165) is 23.4 Å². The van der Waals surface area contributed by atoms with E-state index in [1.54, 1.807) is 6.07 Å². The first-order valence-electron chi connectivity index (χ1n) is 6.46. The zero-order valence-electron chi connectivity index (χ0n) is 11.3. The summed E-state index contributed by atoms with van der Waals surface area (Å²) in [5.41, 5.74) is 2.76. The number of anilines is 1. The molecule has 0 unspecified atom stereocenters. The van der Waals surface area contributed by atoms with Gasteiger partial charge in [0.05, 0.1) is 6.42 Å². The Bertz CT molecular complexity index is 599. The van der Waals surface area contributed by atoms with Gasteiger partial charge in [-0.25, -0.2) is 0 Å². The standard InChI is InChI=1S/C16H17ClN2O/c1-18-11-12-5-4-7-14(9-12)19-16(20)10-13-6-2-3-8-15(13)17/h2-9,18H,10-11H2,1H3,(H,19,20). The highest BCUT2D eigenvalue weighted by Crippen LogP contribution is 2.16. The van der Waals surface area contributed by atoms with E-state index < -0.39 is 0 Å². The maximum Gasteiger partial charge on any atom is 0.228 e. The van der Waals surface area contributed by atoms with Crippen LogP contribution in [0.15, 0.2) is 48.5 Å². The number of amides is 1. The normalized spacial score (nSPS) is 10.3. The molecule has 0 saturated heterocycles. The zero-order valence-corrected chi connectivity index (χ0v) is 12.1. The summed E-state index contributed by atoms with van der Waals surface area (Å²) in [6.07, 6.45) is 0.274. The third-order valence-corrected chi connectivity index (χ3v) is 3.27. The number of halogens is 1. The molecule has 0 atom stereocenters. The van der Waals surface area contributed by atoms with Crippen molar-refractivity contribution in [3.8, 4) is 0 Å². The van der Waals surface area contributed by atoms with Crippen molar-refractivity contribution in [1.29, 1.82) is 0 Å². The second kappa shape index (κ2) is 7.08. The number of nitrogens with one attached hydrogen (secondary N) is 2. The molecule has 2 aromatic rings. The minimum atomic E-state index is -0.0697. The molecule has 2 aromatic carbocycles. The quantitative estimate of drug-likeness (QED) is 0.887. The number of rotatable bonds is 5. The summed E-state index contributed by atoms with van der Waals surface area (Å²) in [5, 5.41) is 6.59. The topological polar surface area (TPSA) is 41.1 Å². The van der Waals surface area contributed by atoms with Gasteiger partial charge in [-0.3, -0.25) is 4.79 Å². The summed E-state index contributed by atoms with van der Waals surface area (Å²) in [6.45, 7) is 0.772. The molecule has 0 aliphatic heterocycles. The average Bonchev–Trinajstić information content (AvgIpc) is 2.42. The lowest BCUT2D eigenvalue weighted by molar-refractivity contribution is -0.115. The predicted molar refractivity (Wildman–Crippen MR) is 83.0 cm³/mol. The first kappa shape index (κ1) is 14.6. The van der Waals surface area contributed by atoms with Crippen molar-refractivity contribution < 1.29 is 4.79 Å². The second-order valence-corrected chi connectivity index (χ2v) is 4.95.